The van der Waals surface area contributed by atoms with Crippen LogP contribution in [0.5, 0.6) is 0 Å². The first kappa shape index (κ1) is 17.9. The Kier molecular flexibility index (Phi) is 6.32. The van der Waals surface area contributed by atoms with Crippen molar-refractivity contribution in [2.75, 3.05) is 6.54 Å². The molecule has 0 saturated carbocycles. The van der Waals surface area contributed by atoms with E-state index in [4.69, 9.17) is 16.3 Å². The van der Waals surface area contributed by atoms with Gasteiger partial charge in [-0.3, -0.25) is 4.79 Å². The molecule has 1 aromatic heterocycles. The molecule has 2 atom stereocenters. The Bertz CT molecular complexity index is 706. The molecule has 5 nitrogen and oxygen atoms in total. The predicted molar refractivity (Wildman–Crippen MR) is 92.0 cm³/mol. The highest BCUT2D eigenvalue weighted by molar-refractivity contribution is 6.32. The van der Waals surface area contributed by atoms with Gasteiger partial charge in [-0.05, 0) is 30.5 Å². The largest absolute Gasteiger partial charge is 0.449 e. The average Bonchev–Trinajstić information content (AvgIpc) is 2.60. The van der Waals surface area contributed by atoms with E-state index in [2.05, 4.69) is 10.3 Å². The maximum Gasteiger partial charge on any atom is 0.342 e. The van der Waals surface area contributed by atoms with E-state index in [1.807, 2.05) is 37.3 Å². The van der Waals surface area contributed by atoms with E-state index in [-0.39, 0.29) is 22.5 Å². The van der Waals surface area contributed by atoms with Crippen LogP contribution >= 0.6 is 11.6 Å². The van der Waals surface area contributed by atoms with Crippen molar-refractivity contribution in [3.05, 3.63) is 64.9 Å². The van der Waals surface area contributed by atoms with Crippen molar-refractivity contribution in [3.63, 3.8) is 0 Å². The molecule has 1 N–H and O–H groups in total. The maximum absolute atomic E-state index is 12.1. The van der Waals surface area contributed by atoms with Gasteiger partial charge in [-0.25, -0.2) is 9.78 Å². The van der Waals surface area contributed by atoms with Gasteiger partial charge in [0.05, 0.1) is 5.56 Å². The molecule has 126 valence electrons. The van der Waals surface area contributed by atoms with Crippen LogP contribution in [0.4, 0.5) is 0 Å². The molecule has 2 aromatic rings. The van der Waals surface area contributed by atoms with E-state index in [9.17, 15) is 9.59 Å². The number of benzene rings is 1. The number of hydrogen-bond acceptors (Lipinski definition) is 4. The minimum atomic E-state index is -0.920. The van der Waals surface area contributed by atoms with Crippen LogP contribution in [0.25, 0.3) is 0 Å². The van der Waals surface area contributed by atoms with Gasteiger partial charge in [0.1, 0.15) is 5.15 Å². The highest BCUT2D eigenvalue weighted by Gasteiger charge is 2.21. The van der Waals surface area contributed by atoms with Gasteiger partial charge in [0.25, 0.3) is 5.91 Å². The first-order valence-corrected chi connectivity index (χ1v) is 8.01. The van der Waals surface area contributed by atoms with Gasteiger partial charge in [0.2, 0.25) is 0 Å². The minimum Gasteiger partial charge on any atom is -0.449 e. The smallest absolute Gasteiger partial charge is 0.342 e. The number of pyridine rings is 1. The van der Waals surface area contributed by atoms with Crippen LogP contribution in [0, 0.1) is 0 Å². The van der Waals surface area contributed by atoms with Crippen LogP contribution in [-0.4, -0.2) is 29.5 Å². The van der Waals surface area contributed by atoms with Crippen LogP contribution in [0.2, 0.25) is 5.15 Å². The topological polar surface area (TPSA) is 68.3 Å². The van der Waals surface area contributed by atoms with Crippen molar-refractivity contribution in [3.8, 4) is 0 Å². The molecular weight excluding hydrogens is 328 g/mol. The lowest BCUT2D eigenvalue weighted by atomic mass is 10.0. The number of nitrogens with zero attached hydrogens (tertiary/aromatic N) is 1. The van der Waals surface area contributed by atoms with Gasteiger partial charge < -0.3 is 10.1 Å². The molecule has 0 fully saturated rings. The Morgan fingerprint density at radius 3 is 2.54 bits per heavy atom. The van der Waals surface area contributed by atoms with Crippen LogP contribution in [-0.2, 0) is 9.53 Å². The summed E-state index contributed by atoms with van der Waals surface area (Å²) in [5, 5.41) is 2.84. The zero-order valence-corrected chi connectivity index (χ0v) is 14.3. The summed E-state index contributed by atoms with van der Waals surface area (Å²) in [4.78, 5) is 27.9. The Hall–Kier alpha value is -2.40. The average molecular weight is 347 g/mol. The number of carbonyl (C=O) groups excluding carboxylic acids is 2. The molecule has 0 aliphatic carbocycles. The third-order valence-corrected chi connectivity index (χ3v) is 3.88. The molecule has 1 heterocycles. The summed E-state index contributed by atoms with van der Waals surface area (Å²) in [5.74, 6) is -0.871. The Balaban J connectivity index is 1.86. The highest BCUT2D eigenvalue weighted by Crippen LogP contribution is 2.15. The summed E-state index contributed by atoms with van der Waals surface area (Å²) >= 11 is 5.84. The third-order valence-electron chi connectivity index (χ3n) is 3.58. The van der Waals surface area contributed by atoms with Crippen molar-refractivity contribution in [2.45, 2.75) is 25.9 Å². The fraction of sp³-hybridized carbons (Fsp3) is 0.278. The molecule has 0 saturated heterocycles. The van der Waals surface area contributed by atoms with Gasteiger partial charge in [-0.15, -0.1) is 0 Å². The standard InChI is InChI=1S/C18H19ClN2O3/c1-12(14-7-4-3-5-8-14)11-21-17(22)13(2)24-18(23)15-9-6-10-20-16(15)19/h3-10,12-13H,11H2,1-2H3,(H,21,22)/t12-,13-/m0/s1. The number of rotatable bonds is 6. The second-order valence-electron chi connectivity index (χ2n) is 5.45. The molecule has 0 unspecified atom stereocenters. The lowest BCUT2D eigenvalue weighted by Crippen LogP contribution is -2.37. The highest BCUT2D eigenvalue weighted by atomic mass is 35.5. The molecule has 0 spiro atoms. The Labute approximate surface area is 146 Å². The third kappa shape index (κ3) is 4.80. The van der Waals surface area contributed by atoms with Crippen LogP contribution in [0.3, 0.4) is 0 Å². The summed E-state index contributed by atoms with van der Waals surface area (Å²) in [6.07, 6.45) is 0.553. The van der Waals surface area contributed by atoms with Gasteiger partial charge in [-0.2, -0.15) is 0 Å². The summed E-state index contributed by atoms with van der Waals surface area (Å²) in [7, 11) is 0. The molecule has 0 bridgehead atoms. The zero-order chi connectivity index (χ0) is 17.5. The monoisotopic (exact) mass is 346 g/mol. The number of amides is 1. The second kappa shape index (κ2) is 8.45. The molecule has 6 heteroatoms. The number of esters is 1. The molecule has 1 aromatic carbocycles. The van der Waals surface area contributed by atoms with E-state index in [0.717, 1.165) is 5.56 Å². The van der Waals surface area contributed by atoms with Crippen molar-refractivity contribution >= 4 is 23.5 Å². The molecule has 0 radical (unpaired) electrons. The van der Waals surface area contributed by atoms with Crippen molar-refractivity contribution in [1.29, 1.82) is 0 Å². The number of nitrogens with one attached hydrogen (secondary N) is 1. The molecule has 2 rings (SSSR count). The molecular formula is C18H19ClN2O3. The first-order chi connectivity index (χ1) is 11.5. The van der Waals surface area contributed by atoms with E-state index in [0.29, 0.717) is 6.54 Å². The van der Waals surface area contributed by atoms with Crippen molar-refractivity contribution in [1.82, 2.24) is 10.3 Å². The number of hydrogen-bond donors (Lipinski definition) is 1. The van der Waals surface area contributed by atoms with Gasteiger partial charge in [0, 0.05) is 12.7 Å². The molecule has 24 heavy (non-hydrogen) atoms. The van der Waals surface area contributed by atoms with Gasteiger partial charge in [-0.1, -0.05) is 48.9 Å². The summed E-state index contributed by atoms with van der Waals surface area (Å²) in [6.45, 7) is 3.99. The lowest BCUT2D eigenvalue weighted by Gasteiger charge is -2.16. The molecule has 0 aliphatic heterocycles. The van der Waals surface area contributed by atoms with E-state index < -0.39 is 12.1 Å². The van der Waals surface area contributed by atoms with Crippen molar-refractivity contribution in [2.24, 2.45) is 0 Å². The number of ether oxygens (including phenoxy) is 1. The fourth-order valence-corrected chi connectivity index (χ4v) is 2.31. The lowest BCUT2D eigenvalue weighted by molar-refractivity contribution is -0.129. The minimum absolute atomic E-state index is 0.0489. The first-order valence-electron chi connectivity index (χ1n) is 7.63. The van der Waals surface area contributed by atoms with Gasteiger partial charge in [0.15, 0.2) is 6.10 Å². The van der Waals surface area contributed by atoms with Gasteiger partial charge >= 0.3 is 5.97 Å². The SMILES string of the molecule is C[C@H](OC(=O)c1cccnc1Cl)C(=O)NC[C@H](C)c1ccccc1. The van der Waals surface area contributed by atoms with Crippen LogP contribution in [0.1, 0.15) is 35.7 Å². The van der Waals surface area contributed by atoms with Crippen LogP contribution in [0.15, 0.2) is 48.7 Å². The number of carbonyl (C=O) groups is 2. The van der Waals surface area contributed by atoms with Crippen molar-refractivity contribution < 1.29 is 14.3 Å². The quantitative estimate of drug-likeness (QED) is 0.644. The normalized spacial score (nSPS) is 13.0. The number of aromatic nitrogens is 1. The zero-order valence-electron chi connectivity index (χ0n) is 13.5. The molecule has 0 aliphatic rings. The number of halogens is 1. The fourth-order valence-electron chi connectivity index (χ4n) is 2.11. The molecule has 1 amide bonds. The second-order valence-corrected chi connectivity index (χ2v) is 5.80. The Morgan fingerprint density at radius 2 is 1.88 bits per heavy atom. The summed E-state index contributed by atoms with van der Waals surface area (Å²) < 4.78 is 5.14. The predicted octanol–water partition coefficient (Wildman–Crippen LogP) is 3.20. The van der Waals surface area contributed by atoms with Crippen LogP contribution < -0.4 is 5.32 Å². The van der Waals surface area contributed by atoms with E-state index in [1.54, 1.807) is 6.07 Å². The summed E-state index contributed by atoms with van der Waals surface area (Å²) in [6, 6.07) is 12.9. The summed E-state index contributed by atoms with van der Waals surface area (Å²) in [5.41, 5.74) is 1.26. The van der Waals surface area contributed by atoms with E-state index in [1.165, 1.54) is 19.2 Å². The maximum atomic E-state index is 12.1. The Morgan fingerprint density at radius 1 is 1.17 bits per heavy atom. The van der Waals surface area contributed by atoms with E-state index >= 15 is 0 Å².